The zero-order chi connectivity index (χ0) is 19.5. The minimum Gasteiger partial charge on any atom is -0.285 e. The second-order valence-corrected chi connectivity index (χ2v) is 7.56. The predicted octanol–water partition coefficient (Wildman–Crippen LogP) is 4.92. The average molecular weight is 407 g/mol. The van der Waals surface area contributed by atoms with Gasteiger partial charge in [0.2, 0.25) is 0 Å². The van der Waals surface area contributed by atoms with Crippen LogP contribution in [-0.2, 0) is 0 Å². The number of aromatic nitrogens is 1. The smallest absolute Gasteiger partial charge is 0.285 e. The van der Waals surface area contributed by atoms with E-state index in [1.165, 1.54) is 34.8 Å². The maximum Gasteiger partial charge on any atom is 0.289 e. The molecule has 0 saturated carbocycles. The number of benzene rings is 2. The first-order chi connectivity index (χ1) is 13.6. The number of rotatable bonds is 4. The molecule has 0 bridgehead atoms. The van der Waals surface area contributed by atoms with E-state index in [9.17, 15) is 14.9 Å². The van der Waals surface area contributed by atoms with Crippen LogP contribution in [0.25, 0.3) is 16.9 Å². The minimum absolute atomic E-state index is 0.0306. The van der Waals surface area contributed by atoms with E-state index in [4.69, 9.17) is 0 Å². The highest BCUT2D eigenvalue weighted by atomic mass is 32.1. The summed E-state index contributed by atoms with van der Waals surface area (Å²) in [5.74, 6) is -0.295. The van der Waals surface area contributed by atoms with Crippen LogP contribution in [-0.4, -0.2) is 15.4 Å². The van der Waals surface area contributed by atoms with Crippen molar-refractivity contribution in [2.45, 2.75) is 0 Å². The summed E-state index contributed by atoms with van der Waals surface area (Å²) in [4.78, 5) is 28.4. The normalized spacial score (nSPS) is 11.5. The SMILES string of the molecule is O=C(N=c1scc(-c2ccc([N+](=O)[O-])cc2)n1-c1ccccc1)c1cccs1. The molecule has 138 valence electrons. The van der Waals surface area contributed by atoms with Crippen molar-refractivity contribution in [2.24, 2.45) is 4.99 Å². The number of non-ortho nitro benzene ring substituents is 1. The fraction of sp³-hybridized carbons (Fsp3) is 0. The molecule has 2 aromatic heterocycles. The lowest BCUT2D eigenvalue weighted by Gasteiger charge is -2.09. The minimum atomic E-state index is -0.427. The molecule has 0 saturated heterocycles. The molecule has 28 heavy (non-hydrogen) atoms. The Labute approximate surface area is 167 Å². The van der Waals surface area contributed by atoms with Crippen LogP contribution in [0.3, 0.4) is 0 Å². The molecule has 0 unspecified atom stereocenters. The molecule has 6 nitrogen and oxygen atoms in total. The molecule has 0 aliphatic carbocycles. The molecule has 1 amide bonds. The summed E-state index contributed by atoms with van der Waals surface area (Å²) in [5, 5.41) is 14.7. The fourth-order valence-corrected chi connectivity index (χ4v) is 4.22. The molecule has 2 aromatic carbocycles. The maximum atomic E-state index is 12.5. The van der Waals surface area contributed by atoms with Gasteiger partial charge in [-0.3, -0.25) is 19.5 Å². The Bertz CT molecular complexity index is 1190. The van der Waals surface area contributed by atoms with Gasteiger partial charge in [0.15, 0.2) is 4.80 Å². The molecule has 4 rings (SSSR count). The Kier molecular flexibility index (Phi) is 4.96. The van der Waals surface area contributed by atoms with E-state index in [1.807, 2.05) is 51.7 Å². The number of nitro benzene ring substituents is 1. The summed E-state index contributed by atoms with van der Waals surface area (Å²) in [6, 6.07) is 19.5. The molecule has 0 aliphatic rings. The standard InChI is InChI=1S/C20H13N3O3S2/c24-19(18-7-4-12-27-18)21-20-22(15-5-2-1-3-6-15)17(13-28-20)14-8-10-16(11-9-14)23(25)26/h1-13H. The third-order valence-corrected chi connectivity index (χ3v) is 5.71. The van der Waals surface area contributed by atoms with Crippen LogP contribution < -0.4 is 4.80 Å². The molecule has 0 fully saturated rings. The molecule has 0 atom stereocenters. The van der Waals surface area contributed by atoms with Crippen molar-refractivity contribution in [1.29, 1.82) is 0 Å². The predicted molar refractivity (Wildman–Crippen MR) is 110 cm³/mol. The van der Waals surface area contributed by atoms with E-state index in [2.05, 4.69) is 4.99 Å². The van der Waals surface area contributed by atoms with Crippen molar-refractivity contribution in [3.63, 3.8) is 0 Å². The quantitative estimate of drug-likeness (QED) is 0.356. The van der Waals surface area contributed by atoms with Crippen LogP contribution in [0.1, 0.15) is 9.67 Å². The summed E-state index contributed by atoms with van der Waals surface area (Å²) in [5.41, 5.74) is 2.50. The molecule has 0 spiro atoms. The Balaban J connectivity index is 1.87. The summed E-state index contributed by atoms with van der Waals surface area (Å²) in [7, 11) is 0. The van der Waals surface area contributed by atoms with Gasteiger partial charge in [0, 0.05) is 23.2 Å². The van der Waals surface area contributed by atoms with E-state index in [-0.39, 0.29) is 11.6 Å². The first kappa shape index (κ1) is 18.0. The Morgan fingerprint density at radius 2 is 1.71 bits per heavy atom. The van der Waals surface area contributed by atoms with Gasteiger partial charge in [-0.2, -0.15) is 4.99 Å². The zero-order valence-electron chi connectivity index (χ0n) is 14.4. The lowest BCUT2D eigenvalue weighted by molar-refractivity contribution is -0.384. The first-order valence-electron chi connectivity index (χ1n) is 8.27. The number of thiophene rings is 1. The molecular weight excluding hydrogens is 394 g/mol. The third-order valence-electron chi connectivity index (χ3n) is 4.03. The number of nitro groups is 1. The number of hydrogen-bond donors (Lipinski definition) is 0. The van der Waals surface area contributed by atoms with Gasteiger partial charge < -0.3 is 0 Å². The van der Waals surface area contributed by atoms with Crippen molar-refractivity contribution in [2.75, 3.05) is 0 Å². The molecule has 8 heteroatoms. The van der Waals surface area contributed by atoms with Gasteiger partial charge in [-0.25, -0.2) is 0 Å². The number of nitrogens with zero attached hydrogens (tertiary/aromatic N) is 3. The van der Waals surface area contributed by atoms with Crippen molar-refractivity contribution in [1.82, 2.24) is 4.57 Å². The number of carbonyl (C=O) groups excluding carboxylic acids is 1. The topological polar surface area (TPSA) is 77.5 Å². The number of carbonyl (C=O) groups is 1. The zero-order valence-corrected chi connectivity index (χ0v) is 16.0. The van der Waals surface area contributed by atoms with Crippen molar-refractivity contribution >= 4 is 34.3 Å². The van der Waals surface area contributed by atoms with Gasteiger partial charge in [0.25, 0.3) is 11.6 Å². The monoisotopic (exact) mass is 407 g/mol. The largest absolute Gasteiger partial charge is 0.289 e. The lowest BCUT2D eigenvalue weighted by atomic mass is 10.1. The van der Waals surface area contributed by atoms with Gasteiger partial charge in [-0.05, 0) is 41.3 Å². The molecule has 4 aromatic rings. The average Bonchev–Trinajstić information content (AvgIpc) is 3.39. The van der Waals surface area contributed by atoms with Crippen LogP contribution in [0.4, 0.5) is 5.69 Å². The molecular formula is C20H13N3O3S2. The van der Waals surface area contributed by atoms with Gasteiger partial charge in [0.05, 0.1) is 15.5 Å². The second-order valence-electron chi connectivity index (χ2n) is 5.77. The Hall–Kier alpha value is -3.36. The number of thiazole rings is 1. The fourth-order valence-electron chi connectivity index (χ4n) is 2.71. The van der Waals surface area contributed by atoms with Gasteiger partial charge in [0.1, 0.15) is 0 Å². The summed E-state index contributed by atoms with van der Waals surface area (Å²) in [6.45, 7) is 0. The van der Waals surface area contributed by atoms with E-state index < -0.39 is 4.92 Å². The van der Waals surface area contributed by atoms with Crippen LogP contribution >= 0.6 is 22.7 Å². The van der Waals surface area contributed by atoms with Crippen LogP contribution in [0.5, 0.6) is 0 Å². The molecule has 0 N–H and O–H groups in total. The van der Waals surface area contributed by atoms with E-state index in [0.717, 1.165) is 16.9 Å². The summed E-state index contributed by atoms with van der Waals surface area (Å²) >= 11 is 2.70. The van der Waals surface area contributed by atoms with E-state index in [1.54, 1.807) is 18.2 Å². The van der Waals surface area contributed by atoms with Crippen molar-refractivity contribution in [3.8, 4) is 16.9 Å². The van der Waals surface area contributed by atoms with Crippen molar-refractivity contribution < 1.29 is 9.72 Å². The summed E-state index contributed by atoms with van der Waals surface area (Å²) < 4.78 is 1.89. The Morgan fingerprint density at radius 1 is 0.964 bits per heavy atom. The van der Waals surface area contributed by atoms with Crippen LogP contribution in [0.15, 0.2) is 82.5 Å². The van der Waals surface area contributed by atoms with Crippen LogP contribution in [0, 0.1) is 10.1 Å². The van der Waals surface area contributed by atoms with Gasteiger partial charge >= 0.3 is 0 Å². The molecule has 0 aliphatic heterocycles. The highest BCUT2D eigenvalue weighted by Crippen LogP contribution is 2.25. The summed E-state index contributed by atoms with van der Waals surface area (Å²) in [6.07, 6.45) is 0. The maximum absolute atomic E-state index is 12.5. The highest BCUT2D eigenvalue weighted by molar-refractivity contribution is 7.12. The number of amides is 1. The van der Waals surface area contributed by atoms with Gasteiger partial charge in [-0.1, -0.05) is 24.3 Å². The second kappa shape index (κ2) is 7.71. The number of para-hydroxylation sites is 1. The highest BCUT2D eigenvalue weighted by Gasteiger charge is 2.13. The Morgan fingerprint density at radius 3 is 2.36 bits per heavy atom. The molecule has 0 radical (unpaired) electrons. The molecule has 2 heterocycles. The lowest BCUT2D eigenvalue weighted by Crippen LogP contribution is -2.16. The van der Waals surface area contributed by atoms with Crippen LogP contribution in [0.2, 0.25) is 0 Å². The third kappa shape index (κ3) is 3.55. The van der Waals surface area contributed by atoms with Gasteiger partial charge in [-0.15, -0.1) is 22.7 Å². The number of hydrogen-bond acceptors (Lipinski definition) is 5. The van der Waals surface area contributed by atoms with Crippen molar-refractivity contribution in [3.05, 3.63) is 97.3 Å². The first-order valence-corrected chi connectivity index (χ1v) is 10.0. The van der Waals surface area contributed by atoms with E-state index >= 15 is 0 Å². The van der Waals surface area contributed by atoms with E-state index in [0.29, 0.717) is 9.68 Å².